The molecule has 0 bridgehead atoms. The van der Waals surface area contributed by atoms with Gasteiger partial charge in [-0.3, -0.25) is 9.59 Å². The molecule has 12 heteroatoms. The minimum atomic E-state index is -1.49. The number of benzene rings is 1. The average Bonchev–Trinajstić information content (AvgIpc) is 2.62. The number of carbonyl (C=O) groups is 5. The first-order valence-electron chi connectivity index (χ1n) is 8.29. The smallest absolute Gasteiger partial charge is 0.328 e. The van der Waals surface area contributed by atoms with Crippen molar-refractivity contribution in [1.82, 2.24) is 16.0 Å². The molecular weight excluding hydrogens is 501 g/mol. The van der Waals surface area contributed by atoms with Crippen LogP contribution >= 0.6 is 22.6 Å². The third kappa shape index (κ3) is 8.33. The van der Waals surface area contributed by atoms with Crippen molar-refractivity contribution < 1.29 is 39.3 Å². The number of carbonyl (C=O) groups excluding carboxylic acids is 2. The maximum absolute atomic E-state index is 12.1. The molecule has 1 rings (SSSR count). The summed E-state index contributed by atoms with van der Waals surface area (Å²) in [4.78, 5) is 57.4. The zero-order valence-corrected chi connectivity index (χ0v) is 17.4. The van der Waals surface area contributed by atoms with E-state index in [1.807, 2.05) is 22.6 Å². The first-order chi connectivity index (χ1) is 13.5. The van der Waals surface area contributed by atoms with Crippen LogP contribution in [0.3, 0.4) is 0 Å². The number of hydrogen-bond acceptors (Lipinski definition) is 5. The number of hydrogen-bond donors (Lipinski definition) is 6. The number of aliphatic carboxylic acids is 3. The molecule has 1 aromatic rings. The molecule has 0 spiro atoms. The summed E-state index contributed by atoms with van der Waals surface area (Å²) in [6.07, 6.45) is -0.485. The van der Waals surface area contributed by atoms with Crippen LogP contribution in [-0.2, 0) is 14.4 Å². The monoisotopic (exact) mass is 521 g/mol. The summed E-state index contributed by atoms with van der Waals surface area (Å²) in [5.74, 6) is -5.63. The van der Waals surface area contributed by atoms with Crippen LogP contribution in [0.2, 0.25) is 0 Å². The lowest BCUT2D eigenvalue weighted by Gasteiger charge is -2.21. The van der Waals surface area contributed by atoms with E-state index in [0.717, 1.165) is 3.57 Å². The molecule has 11 nitrogen and oxygen atoms in total. The van der Waals surface area contributed by atoms with Crippen molar-refractivity contribution >= 4 is 52.4 Å². The molecule has 6 N–H and O–H groups in total. The predicted molar refractivity (Wildman–Crippen MR) is 107 cm³/mol. The Labute approximate surface area is 179 Å². The Hall–Kier alpha value is -2.90. The Morgan fingerprint density at radius 3 is 2.03 bits per heavy atom. The van der Waals surface area contributed by atoms with Gasteiger partial charge in [0.2, 0.25) is 0 Å². The SMILES string of the molecule is C[C@@H](CC(=O)O)[C@H](NC(=O)NC[C@H](NC(=O)c1ccc(I)cc1)C(=O)O)C(=O)O. The number of urea groups is 1. The van der Waals surface area contributed by atoms with Crippen molar-refractivity contribution in [3.63, 3.8) is 0 Å². The van der Waals surface area contributed by atoms with Crippen LogP contribution in [0.1, 0.15) is 23.7 Å². The van der Waals surface area contributed by atoms with Gasteiger partial charge in [0.25, 0.3) is 5.91 Å². The average molecular weight is 521 g/mol. The molecule has 0 aliphatic heterocycles. The lowest BCUT2D eigenvalue weighted by molar-refractivity contribution is -0.143. The fraction of sp³-hybridized carbons (Fsp3) is 0.353. The maximum atomic E-state index is 12.1. The molecule has 0 saturated heterocycles. The molecule has 0 fully saturated rings. The highest BCUT2D eigenvalue weighted by molar-refractivity contribution is 14.1. The van der Waals surface area contributed by atoms with Gasteiger partial charge in [-0.25, -0.2) is 14.4 Å². The van der Waals surface area contributed by atoms with Gasteiger partial charge in [-0.05, 0) is 52.8 Å². The van der Waals surface area contributed by atoms with Crippen LogP contribution in [0, 0.1) is 9.49 Å². The summed E-state index contributed by atoms with van der Waals surface area (Å²) in [6.45, 7) is 0.825. The Balaban J connectivity index is 2.67. The Morgan fingerprint density at radius 2 is 1.55 bits per heavy atom. The van der Waals surface area contributed by atoms with Gasteiger partial charge in [0.15, 0.2) is 0 Å². The van der Waals surface area contributed by atoms with Gasteiger partial charge in [-0.2, -0.15) is 0 Å². The Kier molecular flexibility index (Phi) is 9.31. The molecule has 3 atom stereocenters. The molecular formula is C17H20IN3O8. The van der Waals surface area contributed by atoms with E-state index < -0.39 is 60.8 Å². The fourth-order valence-electron chi connectivity index (χ4n) is 2.27. The molecule has 0 aromatic heterocycles. The summed E-state index contributed by atoms with van der Waals surface area (Å²) in [5.41, 5.74) is 0.231. The highest BCUT2D eigenvalue weighted by Gasteiger charge is 2.29. The van der Waals surface area contributed by atoms with Crippen molar-refractivity contribution in [1.29, 1.82) is 0 Å². The van der Waals surface area contributed by atoms with E-state index in [2.05, 4.69) is 16.0 Å². The summed E-state index contributed by atoms with van der Waals surface area (Å²) >= 11 is 2.05. The number of halogens is 1. The first-order valence-corrected chi connectivity index (χ1v) is 9.37. The van der Waals surface area contributed by atoms with E-state index >= 15 is 0 Å². The van der Waals surface area contributed by atoms with E-state index in [0.29, 0.717) is 0 Å². The lowest BCUT2D eigenvalue weighted by Crippen LogP contribution is -2.54. The second-order valence-electron chi connectivity index (χ2n) is 6.12. The van der Waals surface area contributed by atoms with Gasteiger partial charge < -0.3 is 31.3 Å². The van der Waals surface area contributed by atoms with Crippen LogP contribution in [-0.4, -0.2) is 63.8 Å². The summed E-state index contributed by atoms with van der Waals surface area (Å²) in [6, 6.07) is 2.39. The molecule has 0 unspecified atom stereocenters. The van der Waals surface area contributed by atoms with Gasteiger partial charge in [-0.15, -0.1) is 0 Å². The number of nitrogens with one attached hydrogen (secondary N) is 3. The molecule has 3 amide bonds. The van der Waals surface area contributed by atoms with Gasteiger partial charge in [0.05, 0.1) is 13.0 Å². The molecule has 0 aliphatic rings. The van der Waals surface area contributed by atoms with Crippen LogP contribution in [0.4, 0.5) is 4.79 Å². The van der Waals surface area contributed by atoms with Crippen molar-refractivity contribution in [3.05, 3.63) is 33.4 Å². The summed E-state index contributed by atoms with van der Waals surface area (Å²) in [7, 11) is 0. The van der Waals surface area contributed by atoms with Crippen molar-refractivity contribution in [2.45, 2.75) is 25.4 Å². The van der Waals surface area contributed by atoms with E-state index in [4.69, 9.17) is 10.2 Å². The standard InChI is InChI=1S/C17H20IN3O8/c1-8(6-12(22)23)13(16(27)28)21-17(29)19-7-11(15(25)26)20-14(24)9-2-4-10(18)5-3-9/h2-5,8,11,13H,6-7H2,1H3,(H,20,24)(H,22,23)(H,25,26)(H,27,28)(H2,19,21,29)/t8-,11-,13-/m0/s1. The largest absolute Gasteiger partial charge is 0.481 e. The molecule has 0 heterocycles. The van der Waals surface area contributed by atoms with Crippen molar-refractivity contribution in [3.8, 4) is 0 Å². The van der Waals surface area contributed by atoms with Crippen LogP contribution < -0.4 is 16.0 Å². The number of carboxylic acids is 3. The van der Waals surface area contributed by atoms with Gasteiger partial charge in [0, 0.05) is 9.13 Å². The van der Waals surface area contributed by atoms with Crippen LogP contribution in [0.15, 0.2) is 24.3 Å². The maximum Gasteiger partial charge on any atom is 0.328 e. The topological polar surface area (TPSA) is 182 Å². The number of carboxylic acid groups (broad SMARTS) is 3. The minimum Gasteiger partial charge on any atom is -0.481 e. The predicted octanol–water partition coefficient (Wildman–Crippen LogP) is 0.337. The van der Waals surface area contributed by atoms with Gasteiger partial charge in [-0.1, -0.05) is 6.92 Å². The lowest BCUT2D eigenvalue weighted by atomic mass is 9.98. The summed E-state index contributed by atoms with van der Waals surface area (Å²) in [5, 5.41) is 33.6. The third-order valence-electron chi connectivity index (χ3n) is 3.79. The molecule has 0 saturated carbocycles. The third-order valence-corrected chi connectivity index (χ3v) is 4.51. The van der Waals surface area contributed by atoms with Crippen LogP contribution in [0.25, 0.3) is 0 Å². The normalized spacial score (nSPS) is 13.4. The molecule has 0 aliphatic carbocycles. The van der Waals surface area contributed by atoms with Crippen LogP contribution in [0.5, 0.6) is 0 Å². The Morgan fingerprint density at radius 1 is 0.966 bits per heavy atom. The molecule has 1 aromatic carbocycles. The number of amides is 3. The summed E-state index contributed by atoms with van der Waals surface area (Å²) < 4.78 is 0.886. The quantitative estimate of drug-likeness (QED) is 0.238. The zero-order chi connectivity index (χ0) is 22.1. The van der Waals surface area contributed by atoms with E-state index in [1.54, 1.807) is 12.1 Å². The molecule has 29 heavy (non-hydrogen) atoms. The highest BCUT2D eigenvalue weighted by Crippen LogP contribution is 2.09. The molecule has 158 valence electrons. The molecule has 0 radical (unpaired) electrons. The second kappa shape index (κ2) is 11.2. The number of rotatable bonds is 10. The highest BCUT2D eigenvalue weighted by atomic mass is 127. The second-order valence-corrected chi connectivity index (χ2v) is 7.36. The minimum absolute atomic E-state index is 0.231. The van der Waals surface area contributed by atoms with Crippen molar-refractivity contribution in [2.75, 3.05) is 6.54 Å². The Bertz CT molecular complexity index is 783. The van der Waals surface area contributed by atoms with Gasteiger partial charge in [0.1, 0.15) is 12.1 Å². The zero-order valence-electron chi connectivity index (χ0n) is 15.2. The van der Waals surface area contributed by atoms with Crippen molar-refractivity contribution in [2.24, 2.45) is 5.92 Å². The van der Waals surface area contributed by atoms with E-state index in [9.17, 15) is 29.1 Å². The fourth-order valence-corrected chi connectivity index (χ4v) is 2.63. The first kappa shape index (κ1) is 24.1. The van der Waals surface area contributed by atoms with E-state index in [-0.39, 0.29) is 5.56 Å². The van der Waals surface area contributed by atoms with Gasteiger partial charge >= 0.3 is 23.9 Å². The van der Waals surface area contributed by atoms with E-state index in [1.165, 1.54) is 19.1 Å².